The third-order valence-corrected chi connectivity index (χ3v) is 10.2. The van der Waals surface area contributed by atoms with Gasteiger partial charge in [0.05, 0.1) is 15.6 Å². The van der Waals surface area contributed by atoms with Crippen LogP contribution in [0.25, 0.3) is 0 Å². The smallest absolute Gasteiger partial charge is 0.253 e. The van der Waals surface area contributed by atoms with E-state index in [-0.39, 0.29) is 11.3 Å². The molecule has 39 heavy (non-hydrogen) atoms. The van der Waals surface area contributed by atoms with Crippen LogP contribution in [0, 0.1) is 0 Å². The number of nitrogens with zero attached hydrogens (tertiary/aromatic N) is 2. The zero-order valence-electron chi connectivity index (χ0n) is 22.2. The van der Waals surface area contributed by atoms with Crippen LogP contribution in [0.2, 0.25) is 10.0 Å². The molecule has 5 rings (SSSR count). The Bertz CT molecular complexity index is 1250. The summed E-state index contributed by atoms with van der Waals surface area (Å²) in [6.45, 7) is 3.21. The standard InChI is InChI=1S/C32H36Cl2N2O2S/c33-28-13-12-27(22-29(28)34)31(14-7-18-36(23-31)30(37)25-8-3-1-4-9-25)17-21-39-24-35-19-15-32(38,16-20-35)26-10-5-2-6-11-26/h1-6,8-13,22,38H,7,14-21,23-24H2. The summed E-state index contributed by atoms with van der Waals surface area (Å²) in [5.74, 6) is 2.01. The van der Waals surface area contributed by atoms with Crippen LogP contribution in [0.4, 0.5) is 0 Å². The molecule has 2 aliphatic rings. The van der Waals surface area contributed by atoms with Crippen molar-refractivity contribution in [1.82, 2.24) is 9.80 Å². The number of carbonyl (C=O) groups excluding carboxylic acids is 1. The summed E-state index contributed by atoms with van der Waals surface area (Å²) in [5.41, 5.74) is 2.02. The molecule has 7 heteroatoms. The van der Waals surface area contributed by atoms with Crippen molar-refractivity contribution in [3.8, 4) is 0 Å². The Balaban J connectivity index is 1.23. The number of aliphatic hydroxyl groups is 1. The van der Waals surface area contributed by atoms with Gasteiger partial charge in [-0.25, -0.2) is 0 Å². The van der Waals surface area contributed by atoms with Crippen molar-refractivity contribution >= 4 is 40.9 Å². The quantitative estimate of drug-likeness (QED) is 0.284. The summed E-state index contributed by atoms with van der Waals surface area (Å²) in [7, 11) is 0. The van der Waals surface area contributed by atoms with E-state index in [4.69, 9.17) is 23.2 Å². The first-order chi connectivity index (χ1) is 18.9. The molecule has 3 aromatic rings. The number of benzene rings is 3. The molecule has 0 bridgehead atoms. The Morgan fingerprint density at radius 2 is 1.54 bits per heavy atom. The molecule has 1 atom stereocenters. The lowest BCUT2D eigenvalue weighted by Crippen LogP contribution is -2.49. The van der Waals surface area contributed by atoms with Crippen LogP contribution >= 0.6 is 35.0 Å². The Morgan fingerprint density at radius 3 is 2.23 bits per heavy atom. The van der Waals surface area contributed by atoms with Gasteiger partial charge in [0, 0.05) is 43.0 Å². The highest BCUT2D eigenvalue weighted by molar-refractivity contribution is 7.99. The largest absolute Gasteiger partial charge is 0.385 e. The summed E-state index contributed by atoms with van der Waals surface area (Å²) in [6.07, 6.45) is 4.42. The molecular weight excluding hydrogens is 547 g/mol. The fourth-order valence-electron chi connectivity index (χ4n) is 6.03. The SMILES string of the molecule is O=C(c1ccccc1)N1CCCC(CCSCN2CCC(O)(c3ccccc3)CC2)(c2ccc(Cl)c(Cl)c2)C1. The van der Waals surface area contributed by atoms with E-state index in [1.807, 2.05) is 89.5 Å². The molecule has 3 aromatic carbocycles. The van der Waals surface area contributed by atoms with E-state index in [1.54, 1.807) is 0 Å². The van der Waals surface area contributed by atoms with Gasteiger partial charge in [0.25, 0.3) is 5.91 Å². The third kappa shape index (κ3) is 6.66. The van der Waals surface area contributed by atoms with Crippen LogP contribution in [0.1, 0.15) is 53.6 Å². The molecule has 2 saturated heterocycles. The van der Waals surface area contributed by atoms with E-state index >= 15 is 0 Å². The number of rotatable bonds is 8. The second-order valence-corrected chi connectivity index (χ2v) is 12.8. The molecule has 1 N–H and O–H groups in total. The lowest BCUT2D eigenvalue weighted by atomic mass is 9.72. The van der Waals surface area contributed by atoms with Crippen molar-refractivity contribution in [2.75, 3.05) is 37.8 Å². The maximum atomic E-state index is 13.4. The Morgan fingerprint density at radius 1 is 0.846 bits per heavy atom. The lowest BCUT2D eigenvalue weighted by molar-refractivity contribution is -0.0216. The number of halogens is 2. The van der Waals surface area contributed by atoms with Crippen molar-refractivity contribution in [2.24, 2.45) is 0 Å². The van der Waals surface area contributed by atoms with Gasteiger partial charge in [-0.1, -0.05) is 77.8 Å². The summed E-state index contributed by atoms with van der Waals surface area (Å²) < 4.78 is 0. The number of likely N-dealkylation sites (tertiary alicyclic amines) is 2. The maximum absolute atomic E-state index is 13.4. The predicted molar refractivity (Wildman–Crippen MR) is 163 cm³/mol. The second kappa shape index (κ2) is 12.7. The minimum atomic E-state index is -0.725. The van der Waals surface area contributed by atoms with Gasteiger partial charge < -0.3 is 10.0 Å². The molecule has 2 fully saturated rings. The first kappa shape index (κ1) is 28.5. The van der Waals surface area contributed by atoms with Crippen molar-refractivity contribution in [3.05, 3.63) is 106 Å². The first-order valence-electron chi connectivity index (χ1n) is 13.8. The Labute approximate surface area is 246 Å². The fraction of sp³-hybridized carbons (Fsp3) is 0.406. The number of hydrogen-bond acceptors (Lipinski definition) is 4. The van der Waals surface area contributed by atoms with Crippen LogP contribution in [0.3, 0.4) is 0 Å². The minimum absolute atomic E-state index is 0.0895. The molecule has 2 heterocycles. The number of carbonyl (C=O) groups is 1. The van der Waals surface area contributed by atoms with Gasteiger partial charge in [-0.15, -0.1) is 11.8 Å². The maximum Gasteiger partial charge on any atom is 0.253 e. The fourth-order valence-corrected chi connectivity index (χ4v) is 7.51. The molecular formula is C32H36Cl2N2O2S. The number of piperidine rings is 2. The third-order valence-electron chi connectivity index (χ3n) is 8.41. The molecule has 0 radical (unpaired) electrons. The van der Waals surface area contributed by atoms with Gasteiger partial charge in [0.2, 0.25) is 0 Å². The summed E-state index contributed by atoms with van der Waals surface area (Å²) in [6, 6.07) is 25.6. The van der Waals surface area contributed by atoms with E-state index in [0.29, 0.717) is 16.6 Å². The van der Waals surface area contributed by atoms with E-state index in [0.717, 1.165) is 80.1 Å². The van der Waals surface area contributed by atoms with E-state index in [9.17, 15) is 9.90 Å². The number of thioether (sulfide) groups is 1. The van der Waals surface area contributed by atoms with Gasteiger partial charge in [0.15, 0.2) is 0 Å². The highest BCUT2D eigenvalue weighted by Gasteiger charge is 2.39. The number of amides is 1. The highest BCUT2D eigenvalue weighted by Crippen LogP contribution is 2.41. The summed E-state index contributed by atoms with van der Waals surface area (Å²) in [5, 5.41) is 12.3. The average molecular weight is 584 g/mol. The minimum Gasteiger partial charge on any atom is -0.385 e. The van der Waals surface area contributed by atoms with Crippen LogP contribution < -0.4 is 0 Å². The Kier molecular flexibility index (Phi) is 9.25. The first-order valence-corrected chi connectivity index (χ1v) is 15.7. The van der Waals surface area contributed by atoms with Crippen molar-refractivity contribution in [2.45, 2.75) is 43.1 Å². The zero-order chi connectivity index (χ0) is 27.3. The van der Waals surface area contributed by atoms with Gasteiger partial charge in [-0.05, 0) is 73.2 Å². The van der Waals surface area contributed by atoms with Crippen molar-refractivity contribution in [3.63, 3.8) is 0 Å². The lowest BCUT2D eigenvalue weighted by Gasteiger charge is -2.44. The molecule has 0 spiro atoms. The molecule has 206 valence electrons. The van der Waals surface area contributed by atoms with Gasteiger partial charge in [0.1, 0.15) is 0 Å². The monoisotopic (exact) mass is 582 g/mol. The molecule has 4 nitrogen and oxygen atoms in total. The zero-order valence-corrected chi connectivity index (χ0v) is 24.5. The molecule has 2 aliphatic heterocycles. The van der Waals surface area contributed by atoms with E-state index in [1.165, 1.54) is 0 Å². The molecule has 0 saturated carbocycles. The molecule has 1 unspecified atom stereocenters. The van der Waals surface area contributed by atoms with E-state index in [2.05, 4.69) is 11.0 Å². The van der Waals surface area contributed by atoms with Gasteiger partial charge in [-0.2, -0.15) is 0 Å². The van der Waals surface area contributed by atoms with Crippen molar-refractivity contribution < 1.29 is 9.90 Å². The average Bonchev–Trinajstić information content (AvgIpc) is 2.98. The molecule has 0 aromatic heterocycles. The van der Waals surface area contributed by atoms with Gasteiger partial charge in [-0.3, -0.25) is 9.69 Å². The normalized spacial score (nSPS) is 21.6. The predicted octanol–water partition coefficient (Wildman–Crippen LogP) is 7.23. The second-order valence-electron chi connectivity index (χ2n) is 10.9. The van der Waals surface area contributed by atoms with Crippen LogP contribution in [0.15, 0.2) is 78.9 Å². The van der Waals surface area contributed by atoms with Crippen LogP contribution in [-0.4, -0.2) is 58.6 Å². The van der Waals surface area contributed by atoms with Crippen LogP contribution in [-0.2, 0) is 11.0 Å². The van der Waals surface area contributed by atoms with E-state index < -0.39 is 5.60 Å². The molecule has 1 amide bonds. The van der Waals surface area contributed by atoms with Crippen molar-refractivity contribution in [1.29, 1.82) is 0 Å². The van der Waals surface area contributed by atoms with Crippen LogP contribution in [0.5, 0.6) is 0 Å². The topological polar surface area (TPSA) is 43.8 Å². The molecule has 0 aliphatic carbocycles. The highest BCUT2D eigenvalue weighted by atomic mass is 35.5. The Hall–Kier alpha value is -2.02. The summed E-state index contributed by atoms with van der Waals surface area (Å²) >= 11 is 14.7. The summed E-state index contributed by atoms with van der Waals surface area (Å²) in [4.78, 5) is 17.8. The number of hydrogen-bond donors (Lipinski definition) is 1. The van der Waals surface area contributed by atoms with Gasteiger partial charge >= 0.3 is 0 Å².